The van der Waals surface area contributed by atoms with Crippen LogP contribution in [0, 0.1) is 0 Å². The molecule has 6 aromatic rings. The summed E-state index contributed by atoms with van der Waals surface area (Å²) >= 11 is 0. The van der Waals surface area contributed by atoms with Crippen molar-refractivity contribution in [2.75, 3.05) is 0 Å². The Hall–Kier alpha value is -4.95. The van der Waals surface area contributed by atoms with Gasteiger partial charge in [-0.05, 0) is 95.5 Å². The minimum absolute atomic E-state index is 0.693. The average molecular weight is 644 g/mol. The van der Waals surface area contributed by atoms with Crippen molar-refractivity contribution in [3.8, 4) is 5.69 Å². The van der Waals surface area contributed by atoms with E-state index in [2.05, 4.69) is 128 Å². The van der Waals surface area contributed by atoms with Gasteiger partial charge in [0.25, 0.3) is 0 Å². The van der Waals surface area contributed by atoms with Crippen molar-refractivity contribution in [2.45, 2.75) is 78.1 Å². The second-order valence-corrected chi connectivity index (χ2v) is 13.4. The van der Waals surface area contributed by atoms with Crippen molar-refractivity contribution in [3.05, 3.63) is 148 Å². The highest BCUT2D eigenvalue weighted by Crippen LogP contribution is 2.34. The minimum Gasteiger partial charge on any atom is -0.309 e. The summed E-state index contributed by atoms with van der Waals surface area (Å²) in [5.74, 6) is 0. The predicted octanol–water partition coefficient (Wildman–Crippen LogP) is 13.2. The van der Waals surface area contributed by atoms with Crippen LogP contribution in [0.2, 0.25) is 0 Å². The van der Waals surface area contributed by atoms with Gasteiger partial charge < -0.3 is 4.57 Å². The van der Waals surface area contributed by atoms with Gasteiger partial charge in [-0.1, -0.05) is 149 Å². The molecule has 0 spiro atoms. The first-order valence-corrected chi connectivity index (χ1v) is 18.3. The largest absolute Gasteiger partial charge is 0.309 e. The van der Waals surface area contributed by atoms with Crippen molar-refractivity contribution in [2.24, 2.45) is 0 Å². The Kier molecular flexibility index (Phi) is 11.7. The standard InChI is InChI=1S/C47H49NO/c1-3-5-7-9-11-40-27-31-46-44(33-40)45-34-41(12-10-8-6-4-2)28-32-47(45)48(46)43-29-25-39(26-30-43)20-19-37-15-13-36(14-16-37)17-18-38-21-23-42(35-49)24-22-38/h13-35H,3-12H2,1-2H3/b18-17+,20-19+. The van der Waals surface area contributed by atoms with Crippen molar-refractivity contribution >= 4 is 52.4 Å². The molecular weight excluding hydrogens is 595 g/mol. The Bertz CT molecular complexity index is 1950. The van der Waals surface area contributed by atoms with Gasteiger partial charge in [0, 0.05) is 22.0 Å². The fourth-order valence-corrected chi connectivity index (χ4v) is 6.74. The first-order chi connectivity index (χ1) is 24.1. The van der Waals surface area contributed by atoms with Crippen LogP contribution in [0.15, 0.2) is 109 Å². The van der Waals surface area contributed by atoms with Gasteiger partial charge in [0.1, 0.15) is 6.29 Å². The van der Waals surface area contributed by atoms with Gasteiger partial charge in [0.15, 0.2) is 0 Å². The van der Waals surface area contributed by atoms with E-state index >= 15 is 0 Å². The van der Waals surface area contributed by atoms with Gasteiger partial charge in [-0.3, -0.25) is 4.79 Å². The zero-order valence-electron chi connectivity index (χ0n) is 29.2. The van der Waals surface area contributed by atoms with Crippen molar-refractivity contribution in [1.29, 1.82) is 0 Å². The fraction of sp³-hybridized carbons (Fsp3) is 0.255. The number of carbonyl (C=O) groups is 1. The molecular formula is C47H49NO. The Morgan fingerprint density at radius 2 is 0.837 bits per heavy atom. The highest BCUT2D eigenvalue weighted by Gasteiger charge is 2.14. The summed E-state index contributed by atoms with van der Waals surface area (Å²) in [5, 5.41) is 2.74. The number of nitrogens with zero attached hydrogens (tertiary/aromatic N) is 1. The zero-order chi connectivity index (χ0) is 33.8. The maximum atomic E-state index is 10.9. The molecule has 1 heterocycles. The van der Waals surface area contributed by atoms with Crippen LogP contribution in [-0.2, 0) is 12.8 Å². The van der Waals surface area contributed by atoms with Crippen molar-refractivity contribution in [1.82, 2.24) is 4.57 Å². The van der Waals surface area contributed by atoms with Gasteiger partial charge in [0.05, 0.1) is 11.0 Å². The van der Waals surface area contributed by atoms with E-state index in [1.807, 2.05) is 24.3 Å². The quantitative estimate of drug-likeness (QED) is 0.0584. The molecule has 0 bridgehead atoms. The summed E-state index contributed by atoms with van der Waals surface area (Å²) < 4.78 is 2.45. The van der Waals surface area contributed by atoms with E-state index < -0.39 is 0 Å². The number of fused-ring (bicyclic) bond motifs is 3. The number of hydrogen-bond acceptors (Lipinski definition) is 1. The maximum Gasteiger partial charge on any atom is 0.150 e. The highest BCUT2D eigenvalue weighted by atomic mass is 16.1. The molecule has 0 aliphatic rings. The lowest BCUT2D eigenvalue weighted by Gasteiger charge is -2.09. The van der Waals surface area contributed by atoms with E-state index in [-0.39, 0.29) is 0 Å². The van der Waals surface area contributed by atoms with Crippen LogP contribution in [0.3, 0.4) is 0 Å². The summed E-state index contributed by atoms with van der Waals surface area (Å²) in [4.78, 5) is 10.9. The molecule has 0 N–H and O–H groups in total. The normalized spacial score (nSPS) is 11.8. The third-order valence-electron chi connectivity index (χ3n) is 9.63. The number of hydrogen-bond donors (Lipinski definition) is 0. The van der Waals surface area contributed by atoms with Crippen LogP contribution < -0.4 is 0 Å². The molecule has 0 saturated carbocycles. The van der Waals surface area contributed by atoms with E-state index in [0.717, 1.165) is 35.8 Å². The number of rotatable bonds is 16. The lowest BCUT2D eigenvalue weighted by molar-refractivity contribution is 0.112. The van der Waals surface area contributed by atoms with Gasteiger partial charge in [-0.25, -0.2) is 0 Å². The van der Waals surface area contributed by atoms with Crippen LogP contribution >= 0.6 is 0 Å². The zero-order valence-corrected chi connectivity index (χ0v) is 29.2. The molecule has 0 radical (unpaired) electrons. The van der Waals surface area contributed by atoms with Crippen molar-refractivity contribution < 1.29 is 4.79 Å². The van der Waals surface area contributed by atoms with Crippen LogP contribution in [0.25, 0.3) is 51.8 Å². The molecule has 0 fully saturated rings. The number of aromatic nitrogens is 1. The molecule has 0 atom stereocenters. The Morgan fingerprint density at radius 1 is 0.449 bits per heavy atom. The molecule has 1 aromatic heterocycles. The highest BCUT2D eigenvalue weighted by molar-refractivity contribution is 6.09. The third kappa shape index (κ3) is 8.75. The number of aldehydes is 1. The molecule has 0 amide bonds. The summed E-state index contributed by atoms with van der Waals surface area (Å²) in [5.41, 5.74) is 11.9. The summed E-state index contributed by atoms with van der Waals surface area (Å²) in [7, 11) is 0. The minimum atomic E-state index is 0.693. The van der Waals surface area contributed by atoms with Gasteiger partial charge in [-0.2, -0.15) is 0 Å². The number of aryl methyl sites for hydroxylation is 2. The Balaban J connectivity index is 1.21. The van der Waals surface area contributed by atoms with E-state index in [1.165, 1.54) is 95.6 Å². The smallest absolute Gasteiger partial charge is 0.150 e. The first-order valence-electron chi connectivity index (χ1n) is 18.3. The number of unbranched alkanes of at least 4 members (excludes halogenated alkanes) is 6. The topological polar surface area (TPSA) is 22.0 Å². The average Bonchev–Trinajstić information content (AvgIpc) is 3.47. The molecule has 5 aromatic carbocycles. The lowest BCUT2D eigenvalue weighted by atomic mass is 10.0. The van der Waals surface area contributed by atoms with Crippen LogP contribution in [-0.4, -0.2) is 10.9 Å². The molecule has 248 valence electrons. The Labute approximate surface area is 292 Å². The van der Waals surface area contributed by atoms with Crippen LogP contribution in [0.5, 0.6) is 0 Å². The van der Waals surface area contributed by atoms with E-state index in [9.17, 15) is 4.79 Å². The summed E-state index contributed by atoms with van der Waals surface area (Å²) in [6.07, 6.45) is 22.0. The van der Waals surface area contributed by atoms with Gasteiger partial charge in [-0.15, -0.1) is 0 Å². The molecule has 0 aliphatic carbocycles. The molecule has 0 unspecified atom stereocenters. The molecule has 49 heavy (non-hydrogen) atoms. The van der Waals surface area contributed by atoms with Crippen LogP contribution in [0.1, 0.15) is 109 Å². The summed E-state index contributed by atoms with van der Waals surface area (Å²) in [6.45, 7) is 4.56. The van der Waals surface area contributed by atoms with E-state index in [4.69, 9.17) is 0 Å². The third-order valence-corrected chi connectivity index (χ3v) is 9.63. The number of benzene rings is 5. The maximum absolute atomic E-state index is 10.9. The molecule has 2 nitrogen and oxygen atoms in total. The first kappa shape index (κ1) is 33.9. The Morgan fingerprint density at radius 3 is 1.22 bits per heavy atom. The SMILES string of the molecule is CCCCCCc1ccc2c(c1)c1cc(CCCCCC)ccc1n2-c1ccc(/C=C/c2ccc(/C=C/c3ccc(C=O)cc3)cc2)cc1. The monoisotopic (exact) mass is 643 g/mol. The fourth-order valence-electron chi connectivity index (χ4n) is 6.74. The second kappa shape index (κ2) is 16.9. The molecule has 2 heteroatoms. The van der Waals surface area contributed by atoms with Gasteiger partial charge >= 0.3 is 0 Å². The molecule has 0 saturated heterocycles. The predicted molar refractivity (Wildman–Crippen MR) is 213 cm³/mol. The van der Waals surface area contributed by atoms with E-state index in [0.29, 0.717) is 5.56 Å². The molecule has 6 rings (SSSR count). The lowest BCUT2D eigenvalue weighted by Crippen LogP contribution is -1.94. The van der Waals surface area contributed by atoms with E-state index in [1.54, 1.807) is 0 Å². The second-order valence-electron chi connectivity index (χ2n) is 13.4. The van der Waals surface area contributed by atoms with Gasteiger partial charge in [0.2, 0.25) is 0 Å². The summed E-state index contributed by atoms with van der Waals surface area (Å²) in [6, 6.07) is 39.4. The molecule has 0 aliphatic heterocycles. The van der Waals surface area contributed by atoms with Crippen molar-refractivity contribution in [3.63, 3.8) is 0 Å². The number of carbonyl (C=O) groups excluding carboxylic acids is 1. The van der Waals surface area contributed by atoms with Crippen LogP contribution in [0.4, 0.5) is 0 Å².